The van der Waals surface area contributed by atoms with Gasteiger partial charge in [0.1, 0.15) is 0 Å². The first-order valence-corrected chi connectivity index (χ1v) is 11.0. The maximum atomic E-state index is 11.5. The van der Waals surface area contributed by atoms with Crippen LogP contribution < -0.4 is 10.2 Å². The van der Waals surface area contributed by atoms with Crippen molar-refractivity contribution in [2.75, 3.05) is 42.9 Å². The predicted octanol–water partition coefficient (Wildman–Crippen LogP) is 4.57. The number of nitrogens with one attached hydrogen (secondary N) is 1. The number of piperazine rings is 1. The number of aryl methyl sites for hydroxylation is 1. The van der Waals surface area contributed by atoms with E-state index in [1.807, 2.05) is 11.3 Å². The minimum absolute atomic E-state index is 0. The highest BCUT2D eigenvalue weighted by Gasteiger charge is 2.19. The highest BCUT2D eigenvalue weighted by Crippen LogP contribution is 2.31. The quantitative estimate of drug-likeness (QED) is 0.647. The molecule has 4 nitrogen and oxygen atoms in total. The van der Waals surface area contributed by atoms with E-state index in [0.29, 0.717) is 6.42 Å². The van der Waals surface area contributed by atoms with Gasteiger partial charge in [-0.3, -0.25) is 9.69 Å². The van der Waals surface area contributed by atoms with Crippen LogP contribution in [0.2, 0.25) is 0 Å². The first kappa shape index (κ1) is 20.2. The lowest BCUT2D eigenvalue weighted by Gasteiger charge is -2.36. The standard InChI is InChI=1S/C23H25N3OS.ClH/c27-23-16-18-15-17(6-7-20(18)24-23)3-2-9-25-10-12-26(13-11-25)21-4-1-5-22-19(21)8-14-28-22;/h1,4-8,14-15H,2-3,9-13,16H2,(H,24,27);1H. The van der Waals surface area contributed by atoms with Crippen LogP contribution in [-0.2, 0) is 17.6 Å². The Labute approximate surface area is 181 Å². The number of carbonyl (C=O) groups excluding carboxylic acids is 1. The Morgan fingerprint density at radius 1 is 1.03 bits per heavy atom. The lowest BCUT2D eigenvalue weighted by Crippen LogP contribution is -2.46. The molecule has 1 saturated heterocycles. The summed E-state index contributed by atoms with van der Waals surface area (Å²) in [5.74, 6) is 0.114. The molecule has 0 spiro atoms. The molecule has 0 atom stereocenters. The van der Waals surface area contributed by atoms with Crippen molar-refractivity contribution in [1.82, 2.24) is 4.90 Å². The lowest BCUT2D eigenvalue weighted by molar-refractivity contribution is -0.115. The number of nitrogens with zero attached hydrogens (tertiary/aromatic N) is 2. The number of hydrogen-bond acceptors (Lipinski definition) is 4. The third-order valence-corrected chi connectivity index (χ3v) is 6.80. The second-order valence-electron chi connectivity index (χ2n) is 7.76. The van der Waals surface area contributed by atoms with E-state index < -0.39 is 0 Å². The maximum absolute atomic E-state index is 11.5. The van der Waals surface area contributed by atoms with E-state index in [2.05, 4.69) is 63.0 Å². The van der Waals surface area contributed by atoms with E-state index in [9.17, 15) is 4.79 Å². The molecule has 0 unspecified atom stereocenters. The van der Waals surface area contributed by atoms with Crippen molar-refractivity contribution in [1.29, 1.82) is 0 Å². The van der Waals surface area contributed by atoms with Crippen LogP contribution in [0.4, 0.5) is 11.4 Å². The largest absolute Gasteiger partial charge is 0.368 e. The fourth-order valence-electron chi connectivity index (χ4n) is 4.41. The van der Waals surface area contributed by atoms with Gasteiger partial charge in [0.2, 0.25) is 5.91 Å². The topological polar surface area (TPSA) is 35.6 Å². The number of halogens is 1. The van der Waals surface area contributed by atoms with E-state index in [1.54, 1.807) is 0 Å². The van der Waals surface area contributed by atoms with Gasteiger partial charge in [-0.05, 0) is 60.2 Å². The zero-order valence-corrected chi connectivity index (χ0v) is 18.0. The fraction of sp³-hybridized carbons (Fsp3) is 0.348. The van der Waals surface area contributed by atoms with E-state index >= 15 is 0 Å². The highest BCUT2D eigenvalue weighted by atomic mass is 35.5. The molecule has 3 aromatic rings. The SMILES string of the molecule is Cl.O=C1Cc2cc(CCCN3CCN(c4cccc5sccc45)CC3)ccc2N1. The van der Waals surface area contributed by atoms with E-state index in [4.69, 9.17) is 0 Å². The molecule has 2 aliphatic rings. The van der Waals surface area contributed by atoms with Crippen molar-refractivity contribution < 1.29 is 4.79 Å². The Morgan fingerprint density at radius 3 is 2.76 bits per heavy atom. The van der Waals surface area contributed by atoms with Crippen molar-refractivity contribution in [3.63, 3.8) is 0 Å². The molecule has 3 heterocycles. The minimum atomic E-state index is 0. The van der Waals surface area contributed by atoms with Crippen LogP contribution in [0.25, 0.3) is 10.1 Å². The molecule has 0 aliphatic carbocycles. The van der Waals surface area contributed by atoms with Gasteiger partial charge in [-0.25, -0.2) is 0 Å². The molecule has 5 rings (SSSR count). The second-order valence-corrected chi connectivity index (χ2v) is 8.71. The number of thiophene rings is 1. The second kappa shape index (κ2) is 8.74. The molecule has 0 bridgehead atoms. The smallest absolute Gasteiger partial charge is 0.228 e. The number of carbonyl (C=O) groups is 1. The van der Waals surface area contributed by atoms with Gasteiger partial charge in [-0.15, -0.1) is 23.7 Å². The molecule has 1 amide bonds. The number of benzene rings is 2. The Bertz CT molecular complexity index is 1010. The summed E-state index contributed by atoms with van der Waals surface area (Å²) in [6.45, 7) is 5.60. The molecule has 1 aromatic heterocycles. The molecular formula is C23H26ClN3OS. The first-order valence-electron chi connectivity index (χ1n) is 10.1. The zero-order chi connectivity index (χ0) is 18.9. The Morgan fingerprint density at radius 2 is 1.90 bits per heavy atom. The van der Waals surface area contributed by atoms with Crippen molar-refractivity contribution in [3.8, 4) is 0 Å². The normalized spacial score (nSPS) is 16.6. The molecule has 152 valence electrons. The average molecular weight is 428 g/mol. The van der Waals surface area contributed by atoms with Gasteiger partial charge in [0.25, 0.3) is 0 Å². The Balaban J connectivity index is 0.00000205. The zero-order valence-electron chi connectivity index (χ0n) is 16.4. The number of anilines is 2. The highest BCUT2D eigenvalue weighted by molar-refractivity contribution is 7.17. The van der Waals surface area contributed by atoms with Crippen molar-refractivity contribution in [3.05, 3.63) is 59.0 Å². The molecule has 1 N–H and O–H groups in total. The molecule has 2 aliphatic heterocycles. The molecular weight excluding hydrogens is 402 g/mol. The summed E-state index contributed by atoms with van der Waals surface area (Å²) in [5.41, 5.74) is 4.88. The van der Waals surface area contributed by atoms with Crippen LogP contribution in [0.3, 0.4) is 0 Å². The summed E-state index contributed by atoms with van der Waals surface area (Å²) >= 11 is 1.82. The van der Waals surface area contributed by atoms with Crippen LogP contribution in [0, 0.1) is 0 Å². The summed E-state index contributed by atoms with van der Waals surface area (Å²) in [5, 5.41) is 6.49. The number of fused-ring (bicyclic) bond motifs is 2. The van der Waals surface area contributed by atoms with Crippen LogP contribution >= 0.6 is 23.7 Å². The third-order valence-electron chi connectivity index (χ3n) is 5.92. The third kappa shape index (κ3) is 4.27. The fourth-order valence-corrected chi connectivity index (χ4v) is 5.22. The maximum Gasteiger partial charge on any atom is 0.228 e. The van der Waals surface area contributed by atoms with E-state index in [1.165, 1.54) is 27.8 Å². The van der Waals surface area contributed by atoms with Crippen LogP contribution in [-0.4, -0.2) is 43.5 Å². The minimum Gasteiger partial charge on any atom is -0.368 e. The van der Waals surface area contributed by atoms with E-state index in [0.717, 1.165) is 50.4 Å². The Kier molecular flexibility index (Phi) is 6.09. The molecule has 1 fully saturated rings. The number of hydrogen-bond donors (Lipinski definition) is 1. The van der Waals surface area contributed by atoms with Gasteiger partial charge >= 0.3 is 0 Å². The number of rotatable bonds is 5. The summed E-state index contributed by atoms with van der Waals surface area (Å²) in [4.78, 5) is 16.6. The van der Waals surface area contributed by atoms with Crippen molar-refractivity contribution in [2.24, 2.45) is 0 Å². The average Bonchev–Trinajstić information content (AvgIpc) is 3.33. The lowest BCUT2D eigenvalue weighted by atomic mass is 10.0. The van der Waals surface area contributed by atoms with Gasteiger partial charge in [-0.1, -0.05) is 18.2 Å². The summed E-state index contributed by atoms with van der Waals surface area (Å²) in [6, 6.07) is 15.3. The van der Waals surface area contributed by atoms with Crippen LogP contribution in [0.5, 0.6) is 0 Å². The number of amides is 1. The molecule has 6 heteroatoms. The summed E-state index contributed by atoms with van der Waals surface area (Å²) in [7, 11) is 0. The van der Waals surface area contributed by atoms with Crippen LogP contribution in [0.1, 0.15) is 17.5 Å². The van der Waals surface area contributed by atoms with Crippen LogP contribution in [0.15, 0.2) is 47.8 Å². The predicted molar refractivity (Wildman–Crippen MR) is 125 cm³/mol. The van der Waals surface area contributed by atoms with E-state index in [-0.39, 0.29) is 18.3 Å². The van der Waals surface area contributed by atoms with Gasteiger partial charge in [0, 0.05) is 47.6 Å². The molecule has 0 saturated carbocycles. The van der Waals surface area contributed by atoms with Gasteiger partial charge < -0.3 is 10.2 Å². The van der Waals surface area contributed by atoms with Crippen molar-refractivity contribution >= 4 is 51.1 Å². The molecule has 29 heavy (non-hydrogen) atoms. The summed E-state index contributed by atoms with van der Waals surface area (Å²) < 4.78 is 1.38. The van der Waals surface area contributed by atoms with Gasteiger partial charge in [-0.2, -0.15) is 0 Å². The van der Waals surface area contributed by atoms with Gasteiger partial charge in [0.15, 0.2) is 0 Å². The monoisotopic (exact) mass is 427 g/mol. The summed E-state index contributed by atoms with van der Waals surface area (Å²) in [6.07, 6.45) is 2.78. The first-order chi connectivity index (χ1) is 13.8. The van der Waals surface area contributed by atoms with Gasteiger partial charge in [0.05, 0.1) is 6.42 Å². The molecule has 2 aromatic carbocycles. The Hall–Kier alpha value is -2.08. The van der Waals surface area contributed by atoms with Crippen molar-refractivity contribution in [2.45, 2.75) is 19.3 Å². The molecule has 0 radical (unpaired) electrons.